The quantitative estimate of drug-likeness (QED) is 0.646. The van der Waals surface area contributed by atoms with Crippen LogP contribution in [0, 0.1) is 0 Å². The number of carbonyl (C=O) groups is 2. The van der Waals surface area contributed by atoms with Crippen LogP contribution in [-0.2, 0) is 14.4 Å². The second kappa shape index (κ2) is 7.10. The lowest BCUT2D eigenvalue weighted by Gasteiger charge is -2.41. The summed E-state index contributed by atoms with van der Waals surface area (Å²) in [6, 6.07) is 0. The van der Waals surface area contributed by atoms with E-state index in [1.54, 1.807) is 9.80 Å². The predicted molar refractivity (Wildman–Crippen MR) is 64.8 cm³/mol. The third-order valence-corrected chi connectivity index (χ3v) is 2.88. The average molecular weight is 255 g/mol. The Balaban J connectivity index is 2.67. The third kappa shape index (κ3) is 3.80. The molecule has 18 heavy (non-hydrogen) atoms. The molecule has 0 spiro atoms. The van der Waals surface area contributed by atoms with Gasteiger partial charge >= 0.3 is 0 Å². The van der Waals surface area contributed by atoms with Crippen LogP contribution in [0.4, 0.5) is 0 Å². The van der Waals surface area contributed by atoms with Crippen LogP contribution in [0.25, 0.3) is 0 Å². The number of hydrogen-bond donors (Lipinski definition) is 1. The molecule has 0 aliphatic carbocycles. The summed E-state index contributed by atoms with van der Waals surface area (Å²) in [5.41, 5.74) is 0. The van der Waals surface area contributed by atoms with Gasteiger partial charge in [0.25, 0.3) is 0 Å². The second-order valence-electron chi connectivity index (χ2n) is 4.53. The molecule has 0 bridgehead atoms. The predicted octanol–water partition coefficient (Wildman–Crippen LogP) is -0.918. The van der Waals surface area contributed by atoms with Gasteiger partial charge in [-0.15, -0.1) is 0 Å². The molecule has 1 saturated heterocycles. The van der Waals surface area contributed by atoms with E-state index in [4.69, 9.17) is 0 Å². The number of quaternary nitrogens is 1. The molecule has 0 aromatic carbocycles. The molecule has 0 atom stereocenters. The van der Waals surface area contributed by atoms with Gasteiger partial charge in [0.2, 0.25) is 11.8 Å². The van der Waals surface area contributed by atoms with Gasteiger partial charge in [0, 0.05) is 12.8 Å². The minimum Gasteiger partial charge on any atom is -0.475 e. The highest BCUT2D eigenvalue weighted by atomic mass is 16.2. The van der Waals surface area contributed by atoms with Crippen LogP contribution < -0.4 is 4.90 Å². The zero-order chi connectivity index (χ0) is 13.5. The Bertz CT molecular complexity index is 294. The summed E-state index contributed by atoms with van der Waals surface area (Å²) in [6.07, 6.45) is 4.25. The number of hydrogen-bond acceptors (Lipinski definition) is 3. The fourth-order valence-corrected chi connectivity index (χ4v) is 1.96. The SMILES string of the molecule is CCCC(=O)N1CN(C(=O)CCC)C[NH+]([C-]=O)C1. The molecule has 0 unspecified atom stereocenters. The zero-order valence-corrected chi connectivity index (χ0v) is 11.1. The lowest BCUT2D eigenvalue weighted by atomic mass is 10.3. The van der Waals surface area contributed by atoms with Crippen molar-refractivity contribution in [3.8, 4) is 0 Å². The van der Waals surface area contributed by atoms with Gasteiger partial charge in [-0.3, -0.25) is 19.4 Å². The molecular formula is C12H21N3O3. The van der Waals surface area contributed by atoms with E-state index in [-0.39, 0.29) is 11.8 Å². The van der Waals surface area contributed by atoms with Crippen molar-refractivity contribution in [1.82, 2.24) is 9.80 Å². The smallest absolute Gasteiger partial charge is 0.228 e. The standard InChI is InChI=1S/C12H21N3O3/c1-3-5-11(17)14-7-13(10-16)8-15(9-14)12(18)6-4-2/h13H,3-9H2,1-2H3. The van der Waals surface area contributed by atoms with Gasteiger partial charge in [0.1, 0.15) is 20.0 Å². The average Bonchev–Trinajstić information content (AvgIpc) is 2.38. The van der Waals surface area contributed by atoms with Crippen LogP contribution in [-0.4, -0.2) is 48.0 Å². The van der Waals surface area contributed by atoms with E-state index in [0.29, 0.717) is 37.7 Å². The van der Waals surface area contributed by atoms with Gasteiger partial charge < -0.3 is 9.69 Å². The Morgan fingerprint density at radius 3 is 1.83 bits per heavy atom. The van der Waals surface area contributed by atoms with Crippen molar-refractivity contribution in [1.29, 1.82) is 0 Å². The highest BCUT2D eigenvalue weighted by molar-refractivity contribution is 5.79. The Hall–Kier alpha value is -1.43. The molecule has 1 aliphatic rings. The number of nitrogens with one attached hydrogen (secondary N) is 1. The van der Waals surface area contributed by atoms with Crippen LogP contribution in [0.15, 0.2) is 0 Å². The van der Waals surface area contributed by atoms with Crippen molar-refractivity contribution < 1.29 is 19.3 Å². The van der Waals surface area contributed by atoms with E-state index in [1.807, 2.05) is 20.3 Å². The molecule has 3 amide bonds. The molecule has 0 aromatic heterocycles. The molecule has 6 nitrogen and oxygen atoms in total. The minimum absolute atomic E-state index is 0.0146. The Morgan fingerprint density at radius 2 is 1.50 bits per heavy atom. The first-order valence-corrected chi connectivity index (χ1v) is 6.40. The van der Waals surface area contributed by atoms with E-state index >= 15 is 0 Å². The van der Waals surface area contributed by atoms with Crippen molar-refractivity contribution in [2.24, 2.45) is 0 Å². The van der Waals surface area contributed by atoms with Gasteiger partial charge in [-0.25, -0.2) is 0 Å². The summed E-state index contributed by atoms with van der Waals surface area (Å²) < 4.78 is 0. The first-order valence-electron chi connectivity index (χ1n) is 6.40. The van der Waals surface area contributed by atoms with Crippen molar-refractivity contribution in [3.63, 3.8) is 0 Å². The van der Waals surface area contributed by atoms with Crippen molar-refractivity contribution >= 4 is 18.2 Å². The van der Waals surface area contributed by atoms with E-state index in [9.17, 15) is 14.4 Å². The Kier molecular flexibility index (Phi) is 5.77. The fourth-order valence-electron chi connectivity index (χ4n) is 1.96. The van der Waals surface area contributed by atoms with Crippen molar-refractivity contribution in [3.05, 3.63) is 0 Å². The lowest BCUT2D eigenvalue weighted by Crippen LogP contribution is -3.16. The number of nitrogens with zero attached hydrogens (tertiary/aromatic N) is 2. The minimum atomic E-state index is -0.0146. The van der Waals surface area contributed by atoms with Crippen molar-refractivity contribution in [2.75, 3.05) is 20.0 Å². The summed E-state index contributed by atoms with van der Waals surface area (Å²) in [5, 5.41) is 0. The summed E-state index contributed by atoms with van der Waals surface area (Å²) in [7, 11) is 0. The molecule has 0 saturated carbocycles. The lowest BCUT2D eigenvalue weighted by molar-refractivity contribution is -0.833. The van der Waals surface area contributed by atoms with Gasteiger partial charge in [0.05, 0.1) is 0 Å². The van der Waals surface area contributed by atoms with E-state index in [1.165, 1.54) is 0 Å². The Morgan fingerprint density at radius 1 is 1.06 bits per heavy atom. The van der Waals surface area contributed by atoms with E-state index in [0.717, 1.165) is 12.8 Å². The molecule has 1 aliphatic heterocycles. The van der Waals surface area contributed by atoms with Crippen LogP contribution in [0.1, 0.15) is 39.5 Å². The zero-order valence-electron chi connectivity index (χ0n) is 11.1. The molecule has 1 N–H and O–H groups in total. The van der Waals surface area contributed by atoms with Crippen LogP contribution >= 0.6 is 0 Å². The summed E-state index contributed by atoms with van der Waals surface area (Å²) >= 11 is 0. The maximum atomic E-state index is 11.8. The first kappa shape index (κ1) is 14.6. The largest absolute Gasteiger partial charge is 0.475 e. The van der Waals surface area contributed by atoms with E-state index < -0.39 is 0 Å². The topological polar surface area (TPSA) is 62.1 Å². The molecule has 0 aromatic rings. The third-order valence-electron chi connectivity index (χ3n) is 2.88. The normalized spacial score (nSPS) is 16.8. The first-order chi connectivity index (χ1) is 8.62. The molecule has 1 rings (SSSR count). The molecule has 102 valence electrons. The summed E-state index contributed by atoms with van der Waals surface area (Å²) in [4.78, 5) is 38.0. The maximum absolute atomic E-state index is 11.8. The monoisotopic (exact) mass is 255 g/mol. The molecular weight excluding hydrogens is 234 g/mol. The van der Waals surface area contributed by atoms with Gasteiger partial charge in [0.15, 0.2) is 0 Å². The molecule has 0 radical (unpaired) electrons. The molecule has 1 fully saturated rings. The van der Waals surface area contributed by atoms with Crippen molar-refractivity contribution in [2.45, 2.75) is 39.5 Å². The summed E-state index contributed by atoms with van der Waals surface area (Å²) in [6.45, 7) is 4.76. The van der Waals surface area contributed by atoms with Crippen LogP contribution in [0.5, 0.6) is 0 Å². The highest BCUT2D eigenvalue weighted by Gasteiger charge is 2.28. The number of amides is 3. The number of rotatable bonds is 5. The van der Waals surface area contributed by atoms with Crippen LogP contribution in [0.3, 0.4) is 0 Å². The highest BCUT2D eigenvalue weighted by Crippen LogP contribution is 2.03. The molecule has 1 heterocycles. The fraction of sp³-hybridized carbons (Fsp3) is 0.750. The van der Waals surface area contributed by atoms with Crippen LogP contribution in [0.2, 0.25) is 0 Å². The van der Waals surface area contributed by atoms with Gasteiger partial charge in [-0.2, -0.15) is 0 Å². The van der Waals surface area contributed by atoms with Gasteiger partial charge in [-0.1, -0.05) is 13.8 Å². The summed E-state index contributed by atoms with van der Waals surface area (Å²) in [5.74, 6) is -0.0292. The maximum Gasteiger partial charge on any atom is 0.228 e. The van der Waals surface area contributed by atoms with E-state index in [2.05, 4.69) is 0 Å². The second-order valence-corrected chi connectivity index (χ2v) is 4.53. The molecule has 6 heteroatoms. The number of carbonyl (C=O) groups excluding carboxylic acids is 3. The Labute approximate surface area is 108 Å². The van der Waals surface area contributed by atoms with Gasteiger partial charge in [-0.05, 0) is 19.3 Å².